The van der Waals surface area contributed by atoms with Gasteiger partial charge in [-0.15, -0.1) is 0 Å². The number of aliphatic hydroxyl groups is 4. The van der Waals surface area contributed by atoms with Crippen LogP contribution in [0.5, 0.6) is 17.2 Å². The summed E-state index contributed by atoms with van der Waals surface area (Å²) < 4.78 is 18.0. The van der Waals surface area contributed by atoms with Gasteiger partial charge < -0.3 is 34.6 Å². The van der Waals surface area contributed by atoms with Crippen LogP contribution >= 0.6 is 0 Å². The SMILES string of the molecule is CCC(CC)(c1ccc(OCC(O)CO)c(C)c1)c1ccc(OCC(O)C(C)(C)C)c(OCC(O)C(C)(C)C)c1. The Morgan fingerprint density at radius 1 is 0.650 bits per heavy atom. The highest BCUT2D eigenvalue weighted by atomic mass is 16.5. The lowest BCUT2D eigenvalue weighted by Crippen LogP contribution is -2.33. The van der Waals surface area contributed by atoms with E-state index in [0.717, 1.165) is 29.5 Å². The van der Waals surface area contributed by atoms with E-state index in [1.165, 1.54) is 0 Å². The molecule has 0 aliphatic carbocycles. The van der Waals surface area contributed by atoms with Crippen molar-refractivity contribution in [2.24, 2.45) is 10.8 Å². The van der Waals surface area contributed by atoms with Crippen molar-refractivity contribution in [1.29, 1.82) is 0 Å². The summed E-state index contributed by atoms with van der Waals surface area (Å²) in [6.07, 6.45) is -0.595. The quantitative estimate of drug-likeness (QED) is 0.245. The number of rotatable bonds is 14. The number of aryl methyl sites for hydroxylation is 1. The summed E-state index contributed by atoms with van der Waals surface area (Å²) >= 11 is 0. The van der Waals surface area contributed by atoms with Gasteiger partial charge in [-0.05, 0) is 65.5 Å². The normalized spacial score (nSPS) is 14.9. The molecule has 0 spiro atoms. The predicted molar refractivity (Wildman–Crippen MR) is 159 cm³/mol. The Morgan fingerprint density at radius 2 is 1.10 bits per heavy atom. The molecule has 40 heavy (non-hydrogen) atoms. The molecule has 0 aliphatic rings. The van der Waals surface area contributed by atoms with E-state index in [1.807, 2.05) is 66.7 Å². The second-order valence-corrected chi connectivity index (χ2v) is 13.0. The van der Waals surface area contributed by atoms with E-state index in [0.29, 0.717) is 17.2 Å². The topological polar surface area (TPSA) is 109 Å². The van der Waals surface area contributed by atoms with E-state index in [9.17, 15) is 15.3 Å². The average Bonchev–Trinajstić information content (AvgIpc) is 2.89. The highest BCUT2D eigenvalue weighted by Crippen LogP contribution is 2.43. The van der Waals surface area contributed by atoms with E-state index in [-0.39, 0.29) is 42.7 Å². The van der Waals surface area contributed by atoms with Crippen LogP contribution in [-0.4, -0.2) is 65.2 Å². The Balaban J connectivity index is 2.49. The summed E-state index contributed by atoms with van der Waals surface area (Å²) in [6.45, 7) is 18.0. The van der Waals surface area contributed by atoms with Crippen molar-refractivity contribution in [1.82, 2.24) is 0 Å². The zero-order chi connectivity index (χ0) is 30.3. The van der Waals surface area contributed by atoms with Crippen LogP contribution in [0.3, 0.4) is 0 Å². The monoisotopic (exact) mass is 560 g/mol. The minimum atomic E-state index is -0.926. The summed E-state index contributed by atoms with van der Waals surface area (Å²) in [6, 6.07) is 12.0. The molecule has 2 rings (SSSR count). The lowest BCUT2D eigenvalue weighted by molar-refractivity contribution is 0.0136. The summed E-state index contributed by atoms with van der Waals surface area (Å²) in [5.41, 5.74) is 2.14. The second kappa shape index (κ2) is 14.0. The van der Waals surface area contributed by atoms with Crippen molar-refractivity contribution in [2.75, 3.05) is 26.4 Å². The molecule has 0 fully saturated rings. The maximum Gasteiger partial charge on any atom is 0.161 e. The van der Waals surface area contributed by atoms with E-state index >= 15 is 0 Å². The first-order valence-corrected chi connectivity index (χ1v) is 14.4. The summed E-state index contributed by atoms with van der Waals surface area (Å²) in [4.78, 5) is 0. The lowest BCUT2D eigenvalue weighted by atomic mass is 9.70. The van der Waals surface area contributed by atoms with Gasteiger partial charge >= 0.3 is 0 Å². The average molecular weight is 561 g/mol. The maximum atomic E-state index is 10.7. The molecule has 0 saturated heterocycles. The van der Waals surface area contributed by atoms with E-state index in [2.05, 4.69) is 32.0 Å². The third-order valence-electron chi connectivity index (χ3n) is 7.87. The van der Waals surface area contributed by atoms with Crippen molar-refractivity contribution in [2.45, 2.75) is 98.9 Å². The molecule has 2 aromatic carbocycles. The molecule has 0 radical (unpaired) electrons. The Hall–Kier alpha value is -2.32. The van der Waals surface area contributed by atoms with Gasteiger partial charge in [0.25, 0.3) is 0 Å². The minimum Gasteiger partial charge on any atom is -0.491 e. The fourth-order valence-electron chi connectivity index (χ4n) is 4.46. The molecule has 0 saturated carbocycles. The van der Waals surface area contributed by atoms with Crippen LogP contribution < -0.4 is 14.2 Å². The zero-order valence-electron chi connectivity index (χ0n) is 26.0. The minimum absolute atomic E-state index is 0.0237. The Bertz CT molecular complexity index is 1060. The second-order valence-electron chi connectivity index (χ2n) is 13.0. The molecule has 0 amide bonds. The standard InChI is InChI=1S/C33H52O7/c1-10-33(11-2,23-12-14-26(22(3)16-23)38-19-25(35)18-34)24-13-15-27(39-20-29(36)31(4,5)6)28(17-24)40-21-30(37)32(7,8)9/h12-17,25,29-30,34-37H,10-11,18-21H2,1-9H3. The third kappa shape index (κ3) is 8.59. The molecule has 7 nitrogen and oxygen atoms in total. The van der Waals surface area contributed by atoms with Crippen LogP contribution in [-0.2, 0) is 5.41 Å². The van der Waals surface area contributed by atoms with Gasteiger partial charge in [-0.2, -0.15) is 0 Å². The van der Waals surface area contributed by atoms with Gasteiger partial charge in [0, 0.05) is 5.41 Å². The van der Waals surface area contributed by atoms with E-state index in [4.69, 9.17) is 19.3 Å². The maximum absolute atomic E-state index is 10.7. The van der Waals surface area contributed by atoms with Crippen LogP contribution in [0.15, 0.2) is 36.4 Å². The van der Waals surface area contributed by atoms with Crippen LogP contribution in [0.25, 0.3) is 0 Å². The van der Waals surface area contributed by atoms with Crippen molar-refractivity contribution < 1.29 is 34.6 Å². The Morgan fingerprint density at radius 3 is 1.55 bits per heavy atom. The molecular weight excluding hydrogens is 508 g/mol. The molecule has 0 heterocycles. The van der Waals surface area contributed by atoms with Gasteiger partial charge in [0.2, 0.25) is 0 Å². The Labute approximate surface area is 241 Å². The fourth-order valence-corrected chi connectivity index (χ4v) is 4.46. The number of hydrogen-bond donors (Lipinski definition) is 4. The third-order valence-corrected chi connectivity index (χ3v) is 7.87. The molecule has 2 aromatic rings. The number of ether oxygens (including phenoxy) is 3. The highest BCUT2D eigenvalue weighted by molar-refractivity contribution is 5.50. The van der Waals surface area contributed by atoms with E-state index < -0.39 is 18.3 Å². The van der Waals surface area contributed by atoms with Crippen molar-refractivity contribution >= 4 is 0 Å². The molecule has 3 unspecified atom stereocenters. The molecule has 7 heteroatoms. The summed E-state index contributed by atoms with van der Waals surface area (Å²) in [7, 11) is 0. The van der Waals surface area contributed by atoms with Gasteiger partial charge in [0.05, 0.1) is 18.8 Å². The molecule has 0 aliphatic heterocycles. The first-order chi connectivity index (χ1) is 18.6. The molecule has 0 aromatic heterocycles. The van der Waals surface area contributed by atoms with Crippen LogP contribution in [0.4, 0.5) is 0 Å². The first-order valence-electron chi connectivity index (χ1n) is 14.4. The molecular formula is C33H52O7. The van der Waals surface area contributed by atoms with Gasteiger partial charge in [0.15, 0.2) is 11.5 Å². The molecule has 0 bridgehead atoms. The van der Waals surface area contributed by atoms with Crippen molar-refractivity contribution in [3.8, 4) is 17.2 Å². The predicted octanol–water partition coefficient (Wildman–Crippen LogP) is 5.40. The smallest absolute Gasteiger partial charge is 0.161 e. The first kappa shape index (κ1) is 33.9. The van der Waals surface area contributed by atoms with Crippen LogP contribution in [0.1, 0.15) is 84.9 Å². The largest absolute Gasteiger partial charge is 0.491 e. The van der Waals surface area contributed by atoms with Crippen molar-refractivity contribution in [3.63, 3.8) is 0 Å². The van der Waals surface area contributed by atoms with Gasteiger partial charge in [-0.25, -0.2) is 0 Å². The molecule has 4 N–H and O–H groups in total. The van der Waals surface area contributed by atoms with Crippen LogP contribution in [0, 0.1) is 17.8 Å². The van der Waals surface area contributed by atoms with Gasteiger partial charge in [-0.1, -0.05) is 73.6 Å². The lowest BCUT2D eigenvalue weighted by Gasteiger charge is -2.34. The van der Waals surface area contributed by atoms with Gasteiger partial charge in [0.1, 0.15) is 31.7 Å². The molecule has 3 atom stereocenters. The van der Waals surface area contributed by atoms with Crippen LogP contribution in [0.2, 0.25) is 0 Å². The van der Waals surface area contributed by atoms with Crippen molar-refractivity contribution in [3.05, 3.63) is 53.1 Å². The molecule has 226 valence electrons. The Kier molecular flexibility index (Phi) is 11.9. The van der Waals surface area contributed by atoms with E-state index in [1.54, 1.807) is 0 Å². The summed E-state index contributed by atoms with van der Waals surface area (Å²) in [5, 5.41) is 40.0. The van der Waals surface area contributed by atoms with Gasteiger partial charge in [-0.3, -0.25) is 0 Å². The highest BCUT2D eigenvalue weighted by Gasteiger charge is 2.33. The zero-order valence-corrected chi connectivity index (χ0v) is 26.0. The fraction of sp³-hybridized carbons (Fsp3) is 0.636. The number of benzene rings is 2. The number of hydrogen-bond acceptors (Lipinski definition) is 7. The summed E-state index contributed by atoms with van der Waals surface area (Å²) in [5.74, 6) is 1.72. The number of aliphatic hydroxyl groups excluding tert-OH is 4.